The number of benzene rings is 2. The van der Waals surface area contributed by atoms with Gasteiger partial charge in [0.1, 0.15) is 0 Å². The molecule has 5 nitrogen and oxygen atoms in total. The molecule has 0 spiro atoms. The summed E-state index contributed by atoms with van der Waals surface area (Å²) in [7, 11) is 0. The summed E-state index contributed by atoms with van der Waals surface area (Å²) in [5, 5.41) is 2.83. The minimum Gasteiger partial charge on any atom is -0.348 e. The van der Waals surface area contributed by atoms with Gasteiger partial charge in [0.15, 0.2) is 0 Å². The maximum absolute atomic E-state index is 12.2. The highest BCUT2D eigenvalue weighted by molar-refractivity contribution is 6.20. The molecule has 0 aliphatic carbocycles. The Bertz CT molecular complexity index is 740. The molecular weight excluding hydrogens is 292 g/mol. The van der Waals surface area contributed by atoms with Crippen molar-refractivity contribution in [2.24, 2.45) is 0 Å². The zero-order valence-corrected chi connectivity index (χ0v) is 12.5. The second-order valence-corrected chi connectivity index (χ2v) is 5.34. The van der Waals surface area contributed by atoms with E-state index in [1.54, 1.807) is 24.3 Å². The van der Waals surface area contributed by atoms with Crippen LogP contribution in [-0.2, 0) is 16.1 Å². The molecule has 0 radical (unpaired) electrons. The van der Waals surface area contributed by atoms with E-state index in [1.165, 1.54) is 0 Å². The van der Waals surface area contributed by atoms with E-state index in [1.807, 2.05) is 30.3 Å². The van der Waals surface area contributed by atoms with Crippen LogP contribution in [0.15, 0.2) is 54.6 Å². The van der Waals surface area contributed by atoms with Gasteiger partial charge in [-0.15, -0.1) is 0 Å². The fourth-order valence-corrected chi connectivity index (χ4v) is 2.53. The van der Waals surface area contributed by atoms with E-state index in [0.717, 1.165) is 10.5 Å². The maximum Gasteiger partial charge on any atom is 0.251 e. The minimum atomic E-state index is -0.241. The van der Waals surface area contributed by atoms with Gasteiger partial charge < -0.3 is 5.32 Å². The lowest BCUT2D eigenvalue weighted by molar-refractivity contribution is -0.121. The van der Waals surface area contributed by atoms with E-state index in [9.17, 15) is 14.4 Å². The largest absolute Gasteiger partial charge is 0.348 e. The summed E-state index contributed by atoms with van der Waals surface area (Å²) in [4.78, 5) is 37.0. The summed E-state index contributed by atoms with van der Waals surface area (Å²) in [5.74, 6) is -0.691. The average molecular weight is 308 g/mol. The normalized spacial score (nSPS) is 14.2. The molecule has 1 saturated heterocycles. The van der Waals surface area contributed by atoms with Crippen molar-refractivity contribution in [3.8, 4) is 0 Å². The highest BCUT2D eigenvalue weighted by atomic mass is 16.2. The van der Waals surface area contributed by atoms with Crippen LogP contribution in [0.4, 0.5) is 5.69 Å². The third-order valence-electron chi connectivity index (χ3n) is 3.71. The van der Waals surface area contributed by atoms with Gasteiger partial charge >= 0.3 is 0 Å². The first-order valence-corrected chi connectivity index (χ1v) is 7.43. The van der Waals surface area contributed by atoms with Gasteiger partial charge in [-0.05, 0) is 23.8 Å². The highest BCUT2D eigenvalue weighted by Crippen LogP contribution is 2.23. The third kappa shape index (κ3) is 3.29. The number of carbonyl (C=O) groups excluding carboxylic acids is 3. The molecule has 23 heavy (non-hydrogen) atoms. The molecule has 1 N–H and O–H groups in total. The first kappa shape index (κ1) is 15.0. The molecule has 2 aromatic rings. The molecule has 1 aliphatic heterocycles. The monoisotopic (exact) mass is 308 g/mol. The van der Waals surface area contributed by atoms with Crippen LogP contribution in [0.3, 0.4) is 0 Å². The van der Waals surface area contributed by atoms with Gasteiger partial charge in [0, 0.05) is 24.9 Å². The van der Waals surface area contributed by atoms with Crippen LogP contribution in [0.25, 0.3) is 0 Å². The fourth-order valence-electron chi connectivity index (χ4n) is 2.53. The molecule has 2 aromatic carbocycles. The number of imide groups is 1. The van der Waals surface area contributed by atoms with Crippen molar-refractivity contribution in [1.29, 1.82) is 0 Å². The van der Waals surface area contributed by atoms with Crippen LogP contribution in [0.5, 0.6) is 0 Å². The standard InChI is InChI=1S/C18H16N2O3/c21-16-9-10-17(22)20(16)15-8-4-7-14(11-15)18(23)19-12-13-5-2-1-3-6-13/h1-8,11H,9-10,12H2,(H,19,23). The Morgan fingerprint density at radius 2 is 1.65 bits per heavy atom. The third-order valence-corrected chi connectivity index (χ3v) is 3.71. The molecule has 0 saturated carbocycles. The van der Waals surface area contributed by atoms with Gasteiger partial charge in [-0.1, -0.05) is 36.4 Å². The number of nitrogens with zero attached hydrogens (tertiary/aromatic N) is 1. The Balaban J connectivity index is 1.73. The lowest BCUT2D eigenvalue weighted by Gasteiger charge is -2.14. The Morgan fingerprint density at radius 1 is 0.957 bits per heavy atom. The van der Waals surface area contributed by atoms with Crippen molar-refractivity contribution >= 4 is 23.4 Å². The molecule has 0 atom stereocenters. The predicted octanol–water partition coefficient (Wildman–Crippen LogP) is 2.27. The molecule has 0 aromatic heterocycles. The lowest BCUT2D eigenvalue weighted by atomic mass is 10.1. The van der Waals surface area contributed by atoms with Crippen LogP contribution >= 0.6 is 0 Å². The summed E-state index contributed by atoms with van der Waals surface area (Å²) < 4.78 is 0. The quantitative estimate of drug-likeness (QED) is 0.881. The van der Waals surface area contributed by atoms with Gasteiger partial charge in [0.2, 0.25) is 11.8 Å². The van der Waals surface area contributed by atoms with E-state index >= 15 is 0 Å². The lowest BCUT2D eigenvalue weighted by Crippen LogP contribution is -2.29. The molecule has 1 fully saturated rings. The van der Waals surface area contributed by atoms with E-state index in [0.29, 0.717) is 17.8 Å². The topological polar surface area (TPSA) is 66.5 Å². The van der Waals surface area contributed by atoms with Crippen molar-refractivity contribution in [2.45, 2.75) is 19.4 Å². The molecule has 3 amide bonds. The minimum absolute atomic E-state index is 0.225. The number of rotatable bonds is 4. The smallest absolute Gasteiger partial charge is 0.251 e. The number of hydrogen-bond acceptors (Lipinski definition) is 3. The number of hydrogen-bond donors (Lipinski definition) is 1. The second kappa shape index (κ2) is 6.44. The molecule has 5 heteroatoms. The zero-order chi connectivity index (χ0) is 16.2. The highest BCUT2D eigenvalue weighted by Gasteiger charge is 2.30. The van der Waals surface area contributed by atoms with Crippen molar-refractivity contribution in [1.82, 2.24) is 5.32 Å². The van der Waals surface area contributed by atoms with Crippen molar-refractivity contribution in [3.63, 3.8) is 0 Å². The van der Waals surface area contributed by atoms with Crippen LogP contribution in [0.1, 0.15) is 28.8 Å². The molecule has 0 bridgehead atoms. The predicted molar refractivity (Wildman–Crippen MR) is 85.8 cm³/mol. The summed E-state index contributed by atoms with van der Waals surface area (Å²) in [6.07, 6.45) is 0.451. The first-order valence-electron chi connectivity index (χ1n) is 7.43. The SMILES string of the molecule is O=C(NCc1ccccc1)c1cccc(N2C(=O)CCC2=O)c1. The number of amides is 3. The number of nitrogens with one attached hydrogen (secondary N) is 1. The molecule has 0 unspecified atom stereocenters. The second-order valence-electron chi connectivity index (χ2n) is 5.34. The maximum atomic E-state index is 12.2. The van der Waals surface area contributed by atoms with Gasteiger partial charge in [-0.2, -0.15) is 0 Å². The fraction of sp³-hybridized carbons (Fsp3) is 0.167. The zero-order valence-electron chi connectivity index (χ0n) is 12.5. The summed E-state index contributed by atoms with van der Waals surface area (Å²) in [6, 6.07) is 16.2. The molecule has 1 aliphatic rings. The summed E-state index contributed by atoms with van der Waals surface area (Å²) >= 11 is 0. The Kier molecular flexibility index (Phi) is 4.19. The van der Waals surface area contributed by atoms with Gasteiger partial charge in [-0.3, -0.25) is 19.3 Å². The Morgan fingerprint density at radius 3 is 2.35 bits per heavy atom. The molecule has 3 rings (SSSR count). The van der Waals surface area contributed by atoms with Crippen molar-refractivity contribution in [3.05, 3.63) is 65.7 Å². The van der Waals surface area contributed by atoms with E-state index in [2.05, 4.69) is 5.32 Å². The summed E-state index contributed by atoms with van der Waals surface area (Å²) in [5.41, 5.74) is 1.87. The van der Waals surface area contributed by atoms with E-state index in [4.69, 9.17) is 0 Å². The molecular formula is C18H16N2O3. The average Bonchev–Trinajstić information content (AvgIpc) is 2.92. The van der Waals surface area contributed by atoms with Crippen molar-refractivity contribution < 1.29 is 14.4 Å². The van der Waals surface area contributed by atoms with Crippen LogP contribution in [0.2, 0.25) is 0 Å². The van der Waals surface area contributed by atoms with E-state index in [-0.39, 0.29) is 30.6 Å². The van der Waals surface area contributed by atoms with Crippen LogP contribution < -0.4 is 10.2 Å². The summed E-state index contributed by atoms with van der Waals surface area (Å²) in [6.45, 7) is 0.422. The number of anilines is 1. The Labute approximate surface area is 133 Å². The molecule has 116 valence electrons. The molecule has 1 heterocycles. The first-order chi connectivity index (χ1) is 11.1. The number of carbonyl (C=O) groups is 3. The van der Waals surface area contributed by atoms with Gasteiger partial charge in [0.25, 0.3) is 5.91 Å². The van der Waals surface area contributed by atoms with Crippen LogP contribution in [-0.4, -0.2) is 17.7 Å². The van der Waals surface area contributed by atoms with Crippen LogP contribution in [0, 0.1) is 0 Å². The van der Waals surface area contributed by atoms with E-state index < -0.39 is 0 Å². The van der Waals surface area contributed by atoms with Crippen molar-refractivity contribution in [2.75, 3.05) is 4.90 Å². The van der Waals surface area contributed by atoms with Gasteiger partial charge in [-0.25, -0.2) is 0 Å². The Hall–Kier alpha value is -2.95. The van der Waals surface area contributed by atoms with Gasteiger partial charge in [0.05, 0.1) is 5.69 Å².